The van der Waals surface area contributed by atoms with Gasteiger partial charge < -0.3 is 4.90 Å². The van der Waals surface area contributed by atoms with Gasteiger partial charge in [0, 0.05) is 13.1 Å². The fourth-order valence-corrected chi connectivity index (χ4v) is 2.49. The van der Waals surface area contributed by atoms with E-state index in [2.05, 4.69) is 29.7 Å². The molecule has 1 saturated heterocycles. The highest BCUT2D eigenvalue weighted by Gasteiger charge is 2.17. The summed E-state index contributed by atoms with van der Waals surface area (Å²) in [4.78, 5) is 2.33. The van der Waals surface area contributed by atoms with Crippen LogP contribution in [0.15, 0.2) is 36.6 Å². The Morgan fingerprint density at radius 3 is 2.73 bits per heavy atom. The second-order valence-electron chi connectivity index (χ2n) is 4.62. The van der Waals surface area contributed by atoms with Gasteiger partial charge in [0.15, 0.2) is 0 Å². The van der Waals surface area contributed by atoms with E-state index in [-0.39, 0.29) is 0 Å². The van der Waals surface area contributed by atoms with Crippen molar-refractivity contribution in [1.29, 1.82) is 0 Å². The number of hydrogen-bond donors (Lipinski definition) is 0. The lowest BCUT2D eigenvalue weighted by atomic mass is 9.88. The van der Waals surface area contributed by atoms with Gasteiger partial charge in [-0.15, -0.1) is 0 Å². The van der Waals surface area contributed by atoms with Crippen LogP contribution in [0.4, 0.5) is 0 Å². The lowest BCUT2D eigenvalue weighted by Crippen LogP contribution is -2.29. The predicted molar refractivity (Wildman–Crippen MR) is 65.6 cm³/mol. The third-order valence-electron chi connectivity index (χ3n) is 3.50. The van der Waals surface area contributed by atoms with Crippen molar-refractivity contribution in [2.24, 2.45) is 5.92 Å². The molecule has 2 rings (SSSR count). The van der Waals surface area contributed by atoms with E-state index in [0.717, 1.165) is 5.92 Å². The molecule has 0 aromatic rings. The van der Waals surface area contributed by atoms with E-state index in [1.807, 2.05) is 6.20 Å². The zero-order chi connectivity index (χ0) is 10.5. The van der Waals surface area contributed by atoms with E-state index >= 15 is 0 Å². The van der Waals surface area contributed by atoms with Crippen molar-refractivity contribution < 1.29 is 0 Å². The maximum Gasteiger partial charge on any atom is 0.0175 e. The molecule has 0 spiro atoms. The molecule has 0 N–H and O–H groups in total. The molecule has 1 aliphatic heterocycles. The summed E-state index contributed by atoms with van der Waals surface area (Å²) < 4.78 is 0. The van der Waals surface area contributed by atoms with Gasteiger partial charge in [0.25, 0.3) is 0 Å². The quantitative estimate of drug-likeness (QED) is 0.678. The normalized spacial score (nSPS) is 22.7. The summed E-state index contributed by atoms with van der Waals surface area (Å²) >= 11 is 0. The van der Waals surface area contributed by atoms with Crippen molar-refractivity contribution in [3.05, 3.63) is 36.6 Å². The molecule has 1 nitrogen and oxygen atoms in total. The zero-order valence-electron chi connectivity index (χ0n) is 9.49. The molecule has 0 amide bonds. The standard InChI is InChI=1S/C14H21N/c1-2-15-10-8-14(9-11-15)12-13-6-4-3-5-7-13/h2,4,6-7,14H,1,3,5,8-12H2. The fourth-order valence-electron chi connectivity index (χ4n) is 2.49. The molecule has 1 aliphatic carbocycles. The first-order valence-electron chi connectivity index (χ1n) is 6.10. The summed E-state index contributed by atoms with van der Waals surface area (Å²) in [6.07, 6.45) is 15.5. The monoisotopic (exact) mass is 203 g/mol. The van der Waals surface area contributed by atoms with Gasteiger partial charge in [-0.3, -0.25) is 0 Å². The van der Waals surface area contributed by atoms with E-state index in [9.17, 15) is 0 Å². The molecule has 0 unspecified atom stereocenters. The van der Waals surface area contributed by atoms with Crippen LogP contribution in [-0.4, -0.2) is 18.0 Å². The first-order chi connectivity index (χ1) is 7.38. The Morgan fingerprint density at radius 2 is 2.13 bits per heavy atom. The van der Waals surface area contributed by atoms with E-state index < -0.39 is 0 Å². The Morgan fingerprint density at radius 1 is 1.33 bits per heavy atom. The van der Waals surface area contributed by atoms with E-state index in [0.29, 0.717) is 0 Å². The lowest BCUT2D eigenvalue weighted by Gasteiger charge is -2.31. The largest absolute Gasteiger partial charge is 0.378 e. The predicted octanol–water partition coefficient (Wildman–Crippen LogP) is 3.51. The topological polar surface area (TPSA) is 3.24 Å². The maximum atomic E-state index is 3.83. The number of hydrogen-bond acceptors (Lipinski definition) is 1. The van der Waals surface area contributed by atoms with E-state index in [1.165, 1.54) is 45.2 Å². The summed E-state index contributed by atoms with van der Waals surface area (Å²) in [7, 11) is 0. The highest BCUT2D eigenvalue weighted by atomic mass is 15.1. The van der Waals surface area contributed by atoms with Gasteiger partial charge in [-0.2, -0.15) is 0 Å². The van der Waals surface area contributed by atoms with Crippen LogP contribution in [-0.2, 0) is 0 Å². The summed E-state index contributed by atoms with van der Waals surface area (Å²) in [6.45, 7) is 6.23. The van der Waals surface area contributed by atoms with Gasteiger partial charge in [0.1, 0.15) is 0 Å². The third kappa shape index (κ3) is 2.98. The molecule has 1 fully saturated rings. The zero-order valence-corrected chi connectivity index (χ0v) is 9.49. The van der Waals surface area contributed by atoms with Crippen LogP contribution in [0.1, 0.15) is 32.1 Å². The number of likely N-dealkylation sites (tertiary alicyclic amines) is 1. The van der Waals surface area contributed by atoms with E-state index in [1.54, 1.807) is 5.57 Å². The second kappa shape index (κ2) is 5.20. The first kappa shape index (κ1) is 10.5. The number of piperidine rings is 1. The van der Waals surface area contributed by atoms with Crippen molar-refractivity contribution in [1.82, 2.24) is 4.90 Å². The maximum absolute atomic E-state index is 3.83. The van der Waals surface area contributed by atoms with Gasteiger partial charge in [-0.25, -0.2) is 0 Å². The number of allylic oxidation sites excluding steroid dienone is 4. The molecule has 0 bridgehead atoms. The molecule has 0 aromatic heterocycles. The van der Waals surface area contributed by atoms with Gasteiger partial charge in [-0.05, 0) is 44.2 Å². The molecular weight excluding hydrogens is 182 g/mol. The Labute approximate surface area is 93.2 Å². The number of nitrogens with zero attached hydrogens (tertiary/aromatic N) is 1. The van der Waals surface area contributed by atoms with Gasteiger partial charge >= 0.3 is 0 Å². The van der Waals surface area contributed by atoms with Crippen LogP contribution < -0.4 is 0 Å². The first-order valence-corrected chi connectivity index (χ1v) is 6.10. The molecule has 1 heterocycles. The summed E-state index contributed by atoms with van der Waals surface area (Å²) in [5.74, 6) is 0.898. The minimum Gasteiger partial charge on any atom is -0.378 e. The smallest absolute Gasteiger partial charge is 0.0175 e. The van der Waals surface area contributed by atoms with Crippen molar-refractivity contribution >= 4 is 0 Å². The summed E-state index contributed by atoms with van der Waals surface area (Å²) in [5, 5.41) is 0. The van der Waals surface area contributed by atoms with Crippen LogP contribution >= 0.6 is 0 Å². The minimum atomic E-state index is 0.898. The van der Waals surface area contributed by atoms with Gasteiger partial charge in [0.05, 0.1) is 0 Å². The highest BCUT2D eigenvalue weighted by molar-refractivity contribution is 5.22. The van der Waals surface area contributed by atoms with Crippen molar-refractivity contribution in [3.63, 3.8) is 0 Å². The van der Waals surface area contributed by atoms with Crippen molar-refractivity contribution in [2.45, 2.75) is 32.1 Å². The minimum absolute atomic E-state index is 0.898. The summed E-state index contributed by atoms with van der Waals surface area (Å²) in [6, 6.07) is 0. The molecule has 2 aliphatic rings. The van der Waals surface area contributed by atoms with Crippen LogP contribution in [0.5, 0.6) is 0 Å². The Kier molecular flexibility index (Phi) is 3.65. The van der Waals surface area contributed by atoms with Crippen LogP contribution in [0.3, 0.4) is 0 Å². The van der Waals surface area contributed by atoms with Crippen LogP contribution in [0.25, 0.3) is 0 Å². The molecular formula is C14H21N. The van der Waals surface area contributed by atoms with Gasteiger partial charge in [0.2, 0.25) is 0 Å². The van der Waals surface area contributed by atoms with Crippen LogP contribution in [0.2, 0.25) is 0 Å². The molecule has 1 heteroatoms. The van der Waals surface area contributed by atoms with Crippen molar-refractivity contribution in [3.8, 4) is 0 Å². The third-order valence-corrected chi connectivity index (χ3v) is 3.50. The van der Waals surface area contributed by atoms with Gasteiger partial charge in [-0.1, -0.05) is 30.4 Å². The lowest BCUT2D eigenvalue weighted by molar-refractivity contribution is 0.243. The molecule has 15 heavy (non-hydrogen) atoms. The molecule has 0 atom stereocenters. The Hall–Kier alpha value is -0.980. The molecule has 82 valence electrons. The second-order valence-corrected chi connectivity index (χ2v) is 4.62. The molecule has 0 radical (unpaired) electrons. The SMILES string of the molecule is C=CN1CCC(CC2=CCCC=C2)CC1. The summed E-state index contributed by atoms with van der Waals surface area (Å²) in [5.41, 5.74) is 1.57. The Balaban J connectivity index is 1.79. The van der Waals surface area contributed by atoms with E-state index in [4.69, 9.17) is 0 Å². The fraction of sp³-hybridized carbons (Fsp3) is 0.571. The van der Waals surface area contributed by atoms with Crippen LogP contribution in [0, 0.1) is 5.92 Å². The number of rotatable bonds is 3. The average molecular weight is 203 g/mol. The van der Waals surface area contributed by atoms with Crippen molar-refractivity contribution in [2.75, 3.05) is 13.1 Å². The highest BCUT2D eigenvalue weighted by Crippen LogP contribution is 2.26. The molecule has 0 aromatic carbocycles. The Bertz CT molecular complexity index is 267. The average Bonchev–Trinajstić information content (AvgIpc) is 2.31. The molecule has 0 saturated carbocycles.